The van der Waals surface area contributed by atoms with Crippen molar-refractivity contribution >= 4 is 5.91 Å². The summed E-state index contributed by atoms with van der Waals surface area (Å²) >= 11 is 0. The van der Waals surface area contributed by atoms with Crippen LogP contribution in [0.25, 0.3) is 0 Å². The Hall–Kier alpha value is -1.61. The molecule has 0 aromatic heterocycles. The summed E-state index contributed by atoms with van der Waals surface area (Å²) in [5.74, 6) is -0.149. The molecule has 1 rings (SSSR count). The maximum atomic E-state index is 11.6. The Morgan fingerprint density at radius 2 is 2.00 bits per heavy atom. The summed E-state index contributed by atoms with van der Waals surface area (Å²) in [7, 11) is 0. The third kappa shape index (κ3) is 3.71. The lowest BCUT2D eigenvalue weighted by molar-refractivity contribution is -0.118. The fourth-order valence-corrected chi connectivity index (χ4v) is 1.42. The van der Waals surface area contributed by atoms with E-state index in [0.29, 0.717) is 5.57 Å². The molecule has 0 aliphatic rings. The average Bonchev–Trinajstić information content (AvgIpc) is 2.36. The molecule has 3 nitrogen and oxygen atoms in total. The van der Waals surface area contributed by atoms with Gasteiger partial charge in [-0.05, 0) is 26.3 Å². The van der Waals surface area contributed by atoms with E-state index in [1.807, 2.05) is 37.3 Å². The Balaban J connectivity index is 2.66. The number of carbonyl (C=O) groups is 1. The van der Waals surface area contributed by atoms with Gasteiger partial charge in [-0.25, -0.2) is 0 Å². The van der Waals surface area contributed by atoms with E-state index in [0.717, 1.165) is 5.56 Å². The van der Waals surface area contributed by atoms with E-state index in [2.05, 4.69) is 5.32 Å². The van der Waals surface area contributed by atoms with Crippen LogP contribution in [0.15, 0.2) is 42.0 Å². The van der Waals surface area contributed by atoms with Crippen molar-refractivity contribution in [2.24, 2.45) is 0 Å². The summed E-state index contributed by atoms with van der Waals surface area (Å²) in [6.07, 6.45) is 1.74. The van der Waals surface area contributed by atoms with Crippen LogP contribution in [-0.4, -0.2) is 17.6 Å². The number of amides is 1. The topological polar surface area (TPSA) is 49.3 Å². The van der Waals surface area contributed by atoms with Crippen LogP contribution in [0.5, 0.6) is 0 Å². The van der Waals surface area contributed by atoms with Gasteiger partial charge in [0.1, 0.15) is 5.60 Å². The highest BCUT2D eigenvalue weighted by molar-refractivity contribution is 5.92. The molecule has 3 heteroatoms. The molecular formula is C14H19NO2. The van der Waals surface area contributed by atoms with Crippen LogP contribution in [-0.2, 0) is 10.4 Å². The van der Waals surface area contributed by atoms with Crippen LogP contribution in [0.1, 0.15) is 26.3 Å². The highest BCUT2D eigenvalue weighted by atomic mass is 16.3. The molecule has 2 N–H and O–H groups in total. The van der Waals surface area contributed by atoms with Gasteiger partial charge in [0, 0.05) is 5.57 Å². The van der Waals surface area contributed by atoms with Gasteiger partial charge in [-0.2, -0.15) is 0 Å². The largest absolute Gasteiger partial charge is 0.384 e. The average molecular weight is 233 g/mol. The number of aliphatic hydroxyl groups is 1. The van der Waals surface area contributed by atoms with E-state index >= 15 is 0 Å². The van der Waals surface area contributed by atoms with Crippen LogP contribution in [0.4, 0.5) is 0 Å². The molecule has 0 aliphatic carbocycles. The summed E-state index contributed by atoms with van der Waals surface area (Å²) in [5.41, 5.74) is 0.387. The van der Waals surface area contributed by atoms with Crippen molar-refractivity contribution in [1.29, 1.82) is 0 Å². The molecule has 0 fully saturated rings. The maximum Gasteiger partial charge on any atom is 0.246 e. The van der Waals surface area contributed by atoms with Gasteiger partial charge >= 0.3 is 0 Å². The van der Waals surface area contributed by atoms with E-state index in [1.165, 1.54) is 0 Å². The summed E-state index contributed by atoms with van der Waals surface area (Å²) in [6.45, 7) is 5.44. The van der Waals surface area contributed by atoms with Gasteiger partial charge in [0.25, 0.3) is 0 Å². The molecule has 0 bridgehead atoms. The first-order valence-corrected chi connectivity index (χ1v) is 5.66. The molecule has 1 amide bonds. The van der Waals surface area contributed by atoms with Crippen molar-refractivity contribution in [3.8, 4) is 0 Å². The Morgan fingerprint density at radius 3 is 2.53 bits per heavy atom. The molecule has 17 heavy (non-hydrogen) atoms. The van der Waals surface area contributed by atoms with E-state index in [-0.39, 0.29) is 12.5 Å². The molecule has 0 saturated carbocycles. The monoisotopic (exact) mass is 233 g/mol. The number of rotatable bonds is 4. The first-order valence-electron chi connectivity index (χ1n) is 5.66. The second kappa shape index (κ2) is 5.64. The zero-order chi connectivity index (χ0) is 12.9. The summed E-state index contributed by atoms with van der Waals surface area (Å²) < 4.78 is 0. The third-order valence-electron chi connectivity index (χ3n) is 2.78. The molecule has 0 aliphatic heterocycles. The third-order valence-corrected chi connectivity index (χ3v) is 2.78. The van der Waals surface area contributed by atoms with Crippen molar-refractivity contribution in [2.75, 3.05) is 6.54 Å². The smallest absolute Gasteiger partial charge is 0.246 e. The second-order valence-corrected chi connectivity index (χ2v) is 4.29. The molecule has 1 unspecified atom stereocenters. The predicted octanol–water partition coefficient (Wildman–Crippen LogP) is 1.98. The van der Waals surface area contributed by atoms with Crippen LogP contribution >= 0.6 is 0 Å². The fraction of sp³-hybridized carbons (Fsp3) is 0.357. The second-order valence-electron chi connectivity index (χ2n) is 4.29. The lowest BCUT2D eigenvalue weighted by atomic mass is 9.96. The minimum Gasteiger partial charge on any atom is -0.384 e. The first kappa shape index (κ1) is 13.5. The Morgan fingerprint density at radius 1 is 1.41 bits per heavy atom. The Kier molecular flexibility index (Phi) is 4.46. The highest BCUT2D eigenvalue weighted by Gasteiger charge is 2.23. The van der Waals surface area contributed by atoms with E-state index in [1.54, 1.807) is 19.9 Å². The van der Waals surface area contributed by atoms with Gasteiger partial charge in [-0.15, -0.1) is 0 Å². The molecule has 0 saturated heterocycles. The highest BCUT2D eigenvalue weighted by Crippen LogP contribution is 2.18. The molecule has 0 heterocycles. The zero-order valence-electron chi connectivity index (χ0n) is 10.5. The van der Waals surface area contributed by atoms with Crippen molar-refractivity contribution in [1.82, 2.24) is 5.32 Å². The van der Waals surface area contributed by atoms with Gasteiger partial charge in [-0.3, -0.25) is 4.79 Å². The van der Waals surface area contributed by atoms with Crippen LogP contribution in [0, 0.1) is 0 Å². The summed E-state index contributed by atoms with van der Waals surface area (Å²) in [6, 6.07) is 9.30. The minimum absolute atomic E-state index is 0.149. The summed E-state index contributed by atoms with van der Waals surface area (Å²) in [5, 5.41) is 13.0. The standard InChI is InChI=1S/C14H19NO2/c1-4-11(2)13(16)15-10-14(3,17)12-8-6-5-7-9-12/h4-9,17H,10H2,1-3H3,(H,15,16). The lowest BCUT2D eigenvalue weighted by Crippen LogP contribution is -2.38. The SMILES string of the molecule is CC=C(C)C(=O)NCC(C)(O)c1ccccc1. The van der Waals surface area contributed by atoms with Gasteiger partial charge in [0.2, 0.25) is 5.91 Å². The fourth-order valence-electron chi connectivity index (χ4n) is 1.42. The van der Waals surface area contributed by atoms with Crippen LogP contribution < -0.4 is 5.32 Å². The van der Waals surface area contributed by atoms with Crippen molar-refractivity contribution in [3.63, 3.8) is 0 Å². The van der Waals surface area contributed by atoms with Crippen molar-refractivity contribution < 1.29 is 9.90 Å². The first-order chi connectivity index (χ1) is 7.97. The maximum absolute atomic E-state index is 11.6. The molecular weight excluding hydrogens is 214 g/mol. The molecule has 0 radical (unpaired) electrons. The van der Waals surface area contributed by atoms with Crippen molar-refractivity contribution in [3.05, 3.63) is 47.5 Å². The Bertz CT molecular complexity index is 407. The van der Waals surface area contributed by atoms with Gasteiger partial charge in [-0.1, -0.05) is 36.4 Å². The van der Waals surface area contributed by atoms with Gasteiger partial charge < -0.3 is 10.4 Å². The molecule has 1 aromatic carbocycles. The molecule has 92 valence electrons. The molecule has 1 aromatic rings. The molecule has 1 atom stereocenters. The van der Waals surface area contributed by atoms with E-state index in [4.69, 9.17) is 0 Å². The number of hydrogen-bond donors (Lipinski definition) is 2. The Labute approximate surface area is 102 Å². The predicted molar refractivity (Wildman–Crippen MR) is 68.5 cm³/mol. The minimum atomic E-state index is -1.05. The van der Waals surface area contributed by atoms with E-state index < -0.39 is 5.60 Å². The van der Waals surface area contributed by atoms with Gasteiger partial charge in [0.05, 0.1) is 6.54 Å². The quantitative estimate of drug-likeness (QED) is 0.781. The number of nitrogens with one attached hydrogen (secondary N) is 1. The number of carbonyl (C=O) groups excluding carboxylic acids is 1. The lowest BCUT2D eigenvalue weighted by Gasteiger charge is -2.24. The van der Waals surface area contributed by atoms with Crippen LogP contribution in [0.3, 0.4) is 0 Å². The normalized spacial score (nSPS) is 15.2. The number of benzene rings is 1. The summed E-state index contributed by atoms with van der Waals surface area (Å²) in [4.78, 5) is 11.6. The van der Waals surface area contributed by atoms with Gasteiger partial charge in [0.15, 0.2) is 0 Å². The van der Waals surface area contributed by atoms with Crippen molar-refractivity contribution in [2.45, 2.75) is 26.4 Å². The number of hydrogen-bond acceptors (Lipinski definition) is 2. The number of allylic oxidation sites excluding steroid dienone is 1. The molecule has 0 spiro atoms. The van der Waals surface area contributed by atoms with E-state index in [9.17, 15) is 9.90 Å². The zero-order valence-corrected chi connectivity index (χ0v) is 10.5. The van der Waals surface area contributed by atoms with Crippen LogP contribution in [0.2, 0.25) is 0 Å².